The second kappa shape index (κ2) is 6.06. The number of benzene rings is 3. The van der Waals surface area contributed by atoms with E-state index >= 15 is 0 Å². The molecule has 0 spiro atoms. The number of fused-ring (bicyclic) bond motifs is 1. The van der Waals surface area contributed by atoms with Crippen molar-refractivity contribution in [1.82, 2.24) is 0 Å². The lowest BCUT2D eigenvalue weighted by Crippen LogP contribution is -2.35. The summed E-state index contributed by atoms with van der Waals surface area (Å²) < 4.78 is 10.2. The van der Waals surface area contributed by atoms with Crippen molar-refractivity contribution < 1.29 is 19.1 Å². The van der Waals surface area contributed by atoms with Crippen LogP contribution in [0.15, 0.2) is 71.8 Å². The van der Waals surface area contributed by atoms with Crippen LogP contribution in [0.3, 0.4) is 0 Å². The third-order valence-electron chi connectivity index (χ3n) is 5.90. The Morgan fingerprint density at radius 2 is 1.25 bits per heavy atom. The molecule has 3 aliphatic rings. The first-order valence-corrected chi connectivity index (χ1v) is 9.18. The van der Waals surface area contributed by atoms with Gasteiger partial charge in [-0.05, 0) is 33.0 Å². The summed E-state index contributed by atoms with van der Waals surface area (Å²) in [4.78, 5) is 25.6. The highest BCUT2D eigenvalue weighted by Crippen LogP contribution is 2.57. The van der Waals surface area contributed by atoms with Crippen molar-refractivity contribution in [2.45, 2.75) is 11.8 Å². The summed E-state index contributed by atoms with van der Waals surface area (Å²) in [5.41, 5.74) is 5.00. The SMILES string of the molecule is COC(=O)C1=C(C(=O)OC)C2c3ccccc3C1c1ccc3ccccc3c12. The van der Waals surface area contributed by atoms with Crippen LogP contribution in [-0.2, 0) is 19.1 Å². The number of esters is 2. The van der Waals surface area contributed by atoms with Crippen molar-refractivity contribution in [3.63, 3.8) is 0 Å². The molecule has 2 atom stereocenters. The van der Waals surface area contributed by atoms with Gasteiger partial charge in [0.1, 0.15) is 0 Å². The van der Waals surface area contributed by atoms with Crippen LogP contribution in [0.2, 0.25) is 0 Å². The van der Waals surface area contributed by atoms with Gasteiger partial charge >= 0.3 is 11.9 Å². The predicted molar refractivity (Wildman–Crippen MR) is 105 cm³/mol. The number of rotatable bonds is 2. The van der Waals surface area contributed by atoms with Gasteiger partial charge in [0.05, 0.1) is 25.4 Å². The number of methoxy groups -OCH3 is 2. The van der Waals surface area contributed by atoms with E-state index in [4.69, 9.17) is 9.47 Å². The fourth-order valence-corrected chi connectivity index (χ4v) is 4.84. The molecule has 0 saturated carbocycles. The normalized spacial score (nSPS) is 19.2. The number of hydrogen-bond donors (Lipinski definition) is 0. The molecule has 0 radical (unpaired) electrons. The molecule has 0 amide bonds. The molecule has 3 aromatic carbocycles. The molecule has 2 unspecified atom stereocenters. The molecule has 4 nitrogen and oxygen atoms in total. The van der Waals surface area contributed by atoms with Crippen LogP contribution in [0.1, 0.15) is 34.1 Å². The summed E-state index contributed by atoms with van der Waals surface area (Å²) >= 11 is 0. The third kappa shape index (κ3) is 2.06. The summed E-state index contributed by atoms with van der Waals surface area (Å²) in [5, 5.41) is 2.20. The molecule has 0 aliphatic heterocycles. The van der Waals surface area contributed by atoms with Gasteiger partial charge in [0.25, 0.3) is 0 Å². The van der Waals surface area contributed by atoms with Crippen molar-refractivity contribution in [3.8, 4) is 0 Å². The maximum Gasteiger partial charge on any atom is 0.335 e. The van der Waals surface area contributed by atoms with E-state index in [0.29, 0.717) is 11.1 Å². The van der Waals surface area contributed by atoms with Gasteiger partial charge < -0.3 is 9.47 Å². The van der Waals surface area contributed by atoms with E-state index in [-0.39, 0.29) is 11.8 Å². The smallest absolute Gasteiger partial charge is 0.335 e. The molecular formula is C24H18O4. The minimum absolute atomic E-state index is 0.345. The van der Waals surface area contributed by atoms with Crippen LogP contribution >= 0.6 is 0 Å². The zero-order valence-electron chi connectivity index (χ0n) is 15.6. The van der Waals surface area contributed by atoms with E-state index in [1.54, 1.807) is 0 Å². The summed E-state index contributed by atoms with van der Waals surface area (Å²) in [6.07, 6.45) is 0. The van der Waals surface area contributed by atoms with Gasteiger partial charge in [-0.25, -0.2) is 9.59 Å². The van der Waals surface area contributed by atoms with Crippen molar-refractivity contribution in [1.29, 1.82) is 0 Å². The lowest BCUT2D eigenvalue weighted by atomic mass is 9.60. The number of carbonyl (C=O) groups excluding carboxylic acids is 2. The van der Waals surface area contributed by atoms with Gasteiger partial charge in [-0.1, -0.05) is 60.7 Å². The molecule has 138 valence electrons. The van der Waals surface area contributed by atoms with Gasteiger partial charge in [-0.2, -0.15) is 0 Å². The Kier molecular flexibility index (Phi) is 3.63. The van der Waals surface area contributed by atoms with Gasteiger partial charge in [0, 0.05) is 11.8 Å². The van der Waals surface area contributed by atoms with Gasteiger partial charge in [0.15, 0.2) is 0 Å². The lowest BCUT2D eigenvalue weighted by molar-refractivity contribution is -0.140. The average Bonchev–Trinajstić information content (AvgIpc) is 2.77. The molecule has 3 aliphatic carbocycles. The topological polar surface area (TPSA) is 52.6 Å². The Bertz CT molecular complexity index is 1190. The standard InChI is InChI=1S/C24H18O4/c1-27-23(25)21-19-15-9-5-6-10-16(15)20(22(21)24(26)28-2)18-14-8-4-3-7-13(14)11-12-17(18)19/h3-12,19-20H,1-2H3. The van der Waals surface area contributed by atoms with E-state index in [1.807, 2.05) is 36.4 Å². The van der Waals surface area contributed by atoms with E-state index in [0.717, 1.165) is 33.0 Å². The maximum atomic E-state index is 12.9. The van der Waals surface area contributed by atoms with Crippen molar-refractivity contribution >= 4 is 22.7 Å². The third-order valence-corrected chi connectivity index (χ3v) is 5.90. The van der Waals surface area contributed by atoms with Crippen LogP contribution in [0.4, 0.5) is 0 Å². The van der Waals surface area contributed by atoms with E-state index in [9.17, 15) is 9.59 Å². The summed E-state index contributed by atoms with van der Waals surface area (Å²) in [6, 6.07) is 20.3. The van der Waals surface area contributed by atoms with Crippen molar-refractivity contribution in [2.75, 3.05) is 14.2 Å². The molecule has 6 rings (SSSR count). The van der Waals surface area contributed by atoms with Crippen molar-refractivity contribution in [3.05, 3.63) is 94.1 Å². The molecule has 3 aromatic rings. The predicted octanol–water partition coefficient (Wildman–Crippen LogP) is 4.07. The molecule has 0 aromatic heterocycles. The van der Waals surface area contributed by atoms with Crippen LogP contribution in [0.25, 0.3) is 10.8 Å². The van der Waals surface area contributed by atoms with E-state index < -0.39 is 11.9 Å². The minimum atomic E-state index is -0.483. The second-order valence-corrected chi connectivity index (χ2v) is 7.10. The Labute approximate surface area is 162 Å². The van der Waals surface area contributed by atoms with Crippen LogP contribution in [0, 0.1) is 0 Å². The van der Waals surface area contributed by atoms with Crippen LogP contribution in [-0.4, -0.2) is 26.2 Å². The first kappa shape index (κ1) is 16.8. The number of hydrogen-bond acceptors (Lipinski definition) is 4. The minimum Gasteiger partial charge on any atom is -0.466 e. The number of ether oxygens (including phenoxy) is 2. The molecular weight excluding hydrogens is 352 g/mol. The first-order valence-electron chi connectivity index (χ1n) is 9.18. The summed E-state index contributed by atoms with van der Waals surface area (Å²) in [7, 11) is 2.70. The highest BCUT2D eigenvalue weighted by Gasteiger charge is 2.48. The maximum absolute atomic E-state index is 12.9. The fraction of sp³-hybridized carbons (Fsp3) is 0.167. The quantitative estimate of drug-likeness (QED) is 0.638. The van der Waals surface area contributed by atoms with Gasteiger partial charge in [-0.3, -0.25) is 0 Å². The van der Waals surface area contributed by atoms with E-state index in [1.165, 1.54) is 14.2 Å². The van der Waals surface area contributed by atoms with Crippen LogP contribution in [0.5, 0.6) is 0 Å². The number of carbonyl (C=O) groups is 2. The van der Waals surface area contributed by atoms with Gasteiger partial charge in [-0.15, -0.1) is 0 Å². The second-order valence-electron chi connectivity index (χ2n) is 7.10. The lowest BCUT2D eigenvalue weighted by Gasteiger charge is -2.42. The Hall–Kier alpha value is -3.40. The average molecular weight is 370 g/mol. The molecule has 4 heteroatoms. The highest BCUT2D eigenvalue weighted by molar-refractivity contribution is 6.07. The monoisotopic (exact) mass is 370 g/mol. The zero-order valence-corrected chi connectivity index (χ0v) is 15.6. The summed E-state index contributed by atoms with van der Waals surface area (Å²) in [5.74, 6) is -1.67. The fourth-order valence-electron chi connectivity index (χ4n) is 4.84. The largest absolute Gasteiger partial charge is 0.466 e. The Morgan fingerprint density at radius 3 is 1.93 bits per heavy atom. The highest BCUT2D eigenvalue weighted by atomic mass is 16.5. The van der Waals surface area contributed by atoms with Crippen LogP contribution < -0.4 is 0 Å². The molecule has 0 fully saturated rings. The zero-order chi connectivity index (χ0) is 19.4. The van der Waals surface area contributed by atoms with Gasteiger partial charge in [0.2, 0.25) is 0 Å². The Balaban J connectivity index is 1.93. The Morgan fingerprint density at radius 1 is 0.679 bits per heavy atom. The molecule has 28 heavy (non-hydrogen) atoms. The molecule has 0 heterocycles. The van der Waals surface area contributed by atoms with Crippen molar-refractivity contribution in [2.24, 2.45) is 0 Å². The molecule has 0 saturated heterocycles. The van der Waals surface area contributed by atoms with E-state index in [2.05, 4.69) is 24.3 Å². The molecule has 2 bridgehead atoms. The first-order chi connectivity index (χ1) is 13.7. The summed E-state index contributed by atoms with van der Waals surface area (Å²) in [6.45, 7) is 0. The molecule has 0 N–H and O–H groups in total.